The van der Waals surface area contributed by atoms with E-state index in [4.69, 9.17) is 4.74 Å². The SMILES string of the molecule is CC/C=C\C/C=C\C/C=C\C/C=C\C/C=C\CCCC(=O)OCC(C)(C)[C@@H](O)C(=O)NCCC(=O)[O-]. The van der Waals surface area contributed by atoms with Gasteiger partial charge < -0.3 is 25.1 Å². The molecule has 0 bridgehead atoms. The molecule has 1 atom stereocenters. The minimum Gasteiger partial charge on any atom is -0.550 e. The third-order valence-electron chi connectivity index (χ3n) is 5.13. The predicted molar refractivity (Wildman–Crippen MR) is 142 cm³/mol. The smallest absolute Gasteiger partial charge is 0.305 e. The Hall–Kier alpha value is -2.93. The molecule has 0 saturated heterocycles. The molecule has 7 nitrogen and oxygen atoms in total. The minimum atomic E-state index is -1.44. The second-order valence-corrected chi connectivity index (χ2v) is 9.07. The van der Waals surface area contributed by atoms with E-state index in [0.717, 1.165) is 38.5 Å². The number of hydrogen-bond donors (Lipinski definition) is 2. The van der Waals surface area contributed by atoms with Crippen molar-refractivity contribution in [1.29, 1.82) is 0 Å². The lowest BCUT2D eigenvalue weighted by molar-refractivity contribution is -0.305. The molecule has 0 fully saturated rings. The second-order valence-electron chi connectivity index (χ2n) is 9.07. The molecule has 0 rings (SSSR count). The lowest BCUT2D eigenvalue weighted by atomic mass is 9.87. The van der Waals surface area contributed by atoms with Crippen LogP contribution >= 0.6 is 0 Å². The van der Waals surface area contributed by atoms with E-state index in [1.807, 2.05) is 6.08 Å². The fourth-order valence-corrected chi connectivity index (χ4v) is 2.89. The van der Waals surface area contributed by atoms with Gasteiger partial charge in [0, 0.05) is 30.8 Å². The number of esters is 1. The molecule has 0 heterocycles. The number of carbonyl (C=O) groups excluding carboxylic acids is 3. The van der Waals surface area contributed by atoms with Crippen LogP contribution < -0.4 is 10.4 Å². The van der Waals surface area contributed by atoms with Crippen molar-refractivity contribution in [2.24, 2.45) is 5.41 Å². The molecule has 7 heteroatoms. The number of hydrogen-bond acceptors (Lipinski definition) is 6. The highest BCUT2D eigenvalue weighted by molar-refractivity contribution is 5.81. The van der Waals surface area contributed by atoms with Crippen molar-refractivity contribution in [2.45, 2.75) is 84.7 Å². The summed E-state index contributed by atoms with van der Waals surface area (Å²) in [5.41, 5.74) is -1.01. The van der Waals surface area contributed by atoms with Gasteiger partial charge >= 0.3 is 5.97 Å². The first-order chi connectivity index (χ1) is 17.2. The number of carboxylic acid groups (broad SMARTS) is 1. The zero-order valence-corrected chi connectivity index (χ0v) is 22.1. The van der Waals surface area contributed by atoms with Crippen LogP contribution in [-0.2, 0) is 19.1 Å². The second kappa shape index (κ2) is 21.4. The van der Waals surface area contributed by atoms with Crippen LogP contribution in [0.5, 0.6) is 0 Å². The van der Waals surface area contributed by atoms with Crippen LogP contribution in [0.3, 0.4) is 0 Å². The Morgan fingerprint density at radius 2 is 1.36 bits per heavy atom. The van der Waals surface area contributed by atoms with Crippen LogP contribution in [0.15, 0.2) is 60.8 Å². The summed E-state index contributed by atoms with van der Waals surface area (Å²) in [7, 11) is 0. The van der Waals surface area contributed by atoms with E-state index in [1.54, 1.807) is 13.8 Å². The van der Waals surface area contributed by atoms with Gasteiger partial charge in [-0.2, -0.15) is 0 Å². The lowest BCUT2D eigenvalue weighted by Gasteiger charge is -2.29. The van der Waals surface area contributed by atoms with Crippen molar-refractivity contribution >= 4 is 17.8 Å². The van der Waals surface area contributed by atoms with E-state index in [1.165, 1.54) is 0 Å². The minimum absolute atomic E-state index is 0.122. The number of carboxylic acids is 1. The molecular weight excluding hydrogens is 458 g/mol. The quantitative estimate of drug-likeness (QED) is 0.147. The Labute approximate surface area is 216 Å². The molecule has 0 unspecified atom stereocenters. The molecule has 2 N–H and O–H groups in total. The molecule has 36 heavy (non-hydrogen) atoms. The highest BCUT2D eigenvalue weighted by atomic mass is 16.5. The van der Waals surface area contributed by atoms with E-state index < -0.39 is 23.4 Å². The van der Waals surface area contributed by atoms with Crippen LogP contribution in [-0.4, -0.2) is 42.2 Å². The predicted octanol–water partition coefficient (Wildman–Crippen LogP) is 4.09. The number of aliphatic carboxylic acids is 1. The molecule has 0 aromatic carbocycles. The van der Waals surface area contributed by atoms with E-state index in [2.05, 4.69) is 66.9 Å². The normalized spacial score (nSPS) is 13.4. The van der Waals surface area contributed by atoms with Gasteiger partial charge in [-0.3, -0.25) is 9.59 Å². The Kier molecular flexibility index (Phi) is 19.6. The summed E-state index contributed by atoms with van der Waals surface area (Å²) in [5, 5.41) is 22.9. The topological polar surface area (TPSA) is 116 Å². The molecular formula is C29H44NO6-. The summed E-state index contributed by atoms with van der Waals surface area (Å²) in [6, 6.07) is 0. The van der Waals surface area contributed by atoms with E-state index in [0.29, 0.717) is 6.42 Å². The van der Waals surface area contributed by atoms with E-state index in [-0.39, 0.29) is 32.0 Å². The molecule has 1 amide bonds. The number of amides is 1. The molecule has 0 aromatic rings. The number of carbonyl (C=O) groups is 3. The Balaban J connectivity index is 3.92. The molecule has 0 radical (unpaired) electrons. The van der Waals surface area contributed by atoms with E-state index >= 15 is 0 Å². The van der Waals surface area contributed by atoms with Crippen LogP contribution in [0.2, 0.25) is 0 Å². The summed E-state index contributed by atoms with van der Waals surface area (Å²) in [6.45, 7) is 5.07. The van der Waals surface area contributed by atoms with Crippen molar-refractivity contribution < 1.29 is 29.3 Å². The number of ether oxygens (including phenoxy) is 1. The van der Waals surface area contributed by atoms with Crippen molar-refractivity contribution in [3.63, 3.8) is 0 Å². The standard InChI is InChI=1S/C29H45NO6/c1-4-5-6-7-8-9-10-11-12-13-14-15-16-17-18-19-20-21-26(33)36-24-29(2,3)27(34)28(35)30-23-22-25(31)32/h5-6,8-9,11-12,14-15,17-18,27,34H,4,7,10,13,16,19-24H2,1-3H3,(H,30,35)(H,31,32)/p-1/b6-5-,9-8-,12-11-,15-14-,18-17-/t27-/m0/s1. The third kappa shape index (κ3) is 19.4. The summed E-state index contributed by atoms with van der Waals surface area (Å²) in [4.78, 5) is 34.3. The van der Waals surface area contributed by atoms with Crippen LogP contribution in [0.1, 0.15) is 78.6 Å². The maximum Gasteiger partial charge on any atom is 0.305 e. The van der Waals surface area contributed by atoms with Gasteiger partial charge in [0.1, 0.15) is 6.10 Å². The van der Waals surface area contributed by atoms with Crippen molar-refractivity contribution in [2.75, 3.05) is 13.2 Å². The number of unbranched alkanes of at least 4 members (excludes halogenated alkanes) is 1. The third-order valence-corrected chi connectivity index (χ3v) is 5.13. The van der Waals surface area contributed by atoms with Crippen molar-refractivity contribution in [3.05, 3.63) is 60.8 Å². The number of nitrogens with one attached hydrogen (secondary N) is 1. The van der Waals surface area contributed by atoms with Crippen LogP contribution in [0, 0.1) is 5.41 Å². The molecule has 0 aromatic heterocycles. The molecule has 0 spiro atoms. The zero-order valence-electron chi connectivity index (χ0n) is 22.1. The molecule has 0 saturated carbocycles. The van der Waals surface area contributed by atoms with Crippen LogP contribution in [0.4, 0.5) is 0 Å². The summed E-state index contributed by atoms with van der Waals surface area (Å²) >= 11 is 0. The Bertz CT molecular complexity index is 777. The molecule has 202 valence electrons. The monoisotopic (exact) mass is 502 g/mol. The highest BCUT2D eigenvalue weighted by Crippen LogP contribution is 2.22. The van der Waals surface area contributed by atoms with Gasteiger partial charge in [0.25, 0.3) is 0 Å². The number of aliphatic hydroxyl groups is 1. The zero-order chi connectivity index (χ0) is 27.1. The number of allylic oxidation sites excluding steroid dienone is 10. The van der Waals surface area contributed by atoms with Crippen molar-refractivity contribution in [1.82, 2.24) is 5.32 Å². The highest BCUT2D eigenvalue weighted by Gasteiger charge is 2.34. The van der Waals surface area contributed by atoms with Gasteiger partial charge in [0.2, 0.25) is 5.91 Å². The Morgan fingerprint density at radius 1 is 0.861 bits per heavy atom. The summed E-state index contributed by atoms with van der Waals surface area (Å²) < 4.78 is 5.22. The summed E-state index contributed by atoms with van der Waals surface area (Å²) in [6.07, 6.45) is 26.0. The molecule has 0 aliphatic heterocycles. The van der Waals surface area contributed by atoms with Gasteiger partial charge in [-0.25, -0.2) is 0 Å². The maximum absolute atomic E-state index is 12.0. The fourth-order valence-electron chi connectivity index (χ4n) is 2.89. The maximum atomic E-state index is 12.0. The first-order valence-electron chi connectivity index (χ1n) is 12.8. The average molecular weight is 503 g/mol. The molecule has 0 aliphatic rings. The van der Waals surface area contributed by atoms with Gasteiger partial charge in [0.05, 0.1) is 6.61 Å². The first kappa shape index (κ1) is 33.1. The van der Waals surface area contributed by atoms with Gasteiger partial charge in [0.15, 0.2) is 0 Å². The summed E-state index contributed by atoms with van der Waals surface area (Å²) in [5.74, 6) is -2.39. The van der Waals surface area contributed by atoms with E-state index in [9.17, 15) is 24.6 Å². The largest absolute Gasteiger partial charge is 0.550 e. The fraction of sp³-hybridized carbons (Fsp3) is 0.552. The van der Waals surface area contributed by atoms with Gasteiger partial charge in [-0.1, -0.05) is 81.5 Å². The Morgan fingerprint density at radius 3 is 1.86 bits per heavy atom. The average Bonchev–Trinajstić information content (AvgIpc) is 2.83. The molecule has 0 aliphatic carbocycles. The number of rotatable bonds is 20. The van der Waals surface area contributed by atoms with Crippen molar-refractivity contribution in [3.8, 4) is 0 Å². The van der Waals surface area contributed by atoms with Gasteiger partial charge in [-0.15, -0.1) is 0 Å². The number of aliphatic hydroxyl groups excluding tert-OH is 1. The van der Waals surface area contributed by atoms with Gasteiger partial charge in [-0.05, 0) is 44.9 Å². The first-order valence-corrected chi connectivity index (χ1v) is 12.8. The lowest BCUT2D eigenvalue weighted by Crippen LogP contribution is -2.47. The van der Waals surface area contributed by atoms with Crippen LogP contribution in [0.25, 0.3) is 0 Å².